The molecular weight excluding hydrogens is 532 g/mol. The molecule has 1 unspecified atom stereocenters. The van der Waals surface area contributed by atoms with Gasteiger partial charge in [-0.15, -0.1) is 0 Å². The van der Waals surface area contributed by atoms with Crippen LogP contribution in [0.2, 0.25) is 0 Å². The molecule has 216 valence electrons. The van der Waals surface area contributed by atoms with Crippen LogP contribution < -0.4 is 15.4 Å². The zero-order valence-corrected chi connectivity index (χ0v) is 23.5. The van der Waals surface area contributed by atoms with Crippen LogP contribution in [0.5, 0.6) is 0 Å². The van der Waals surface area contributed by atoms with Crippen molar-refractivity contribution in [3.63, 3.8) is 0 Å². The number of nitrogens with zero attached hydrogens (tertiary/aromatic N) is 1. The molecule has 0 radical (unpaired) electrons. The van der Waals surface area contributed by atoms with Crippen molar-refractivity contribution in [3.8, 4) is 0 Å². The number of amides is 4. The first-order valence-corrected chi connectivity index (χ1v) is 15.9. The maximum Gasteiger partial charge on any atom is 0.259 e. The first-order chi connectivity index (χ1) is 19.2. The fourth-order valence-electron chi connectivity index (χ4n) is 5.80. The molecule has 2 heterocycles. The normalized spacial score (nSPS) is 29.3. The lowest BCUT2D eigenvalue weighted by Crippen LogP contribution is -2.58. The Hall–Kier alpha value is -3.21. The molecule has 2 saturated carbocycles. The first kappa shape index (κ1) is 28.3. The average Bonchev–Trinajstić information content (AvgIpc) is 3.84. The summed E-state index contributed by atoms with van der Waals surface area (Å²) in [5.74, 6) is -2.04. The van der Waals surface area contributed by atoms with Crippen LogP contribution in [0, 0.1) is 5.92 Å². The van der Waals surface area contributed by atoms with E-state index in [-0.39, 0.29) is 24.2 Å². The number of benzene rings is 1. The second-order valence-electron chi connectivity index (χ2n) is 11.5. The van der Waals surface area contributed by atoms with Gasteiger partial charge in [0.15, 0.2) is 0 Å². The molecule has 1 aromatic rings. The number of allylic oxidation sites excluding steroid dienone is 1. The number of nitrogens with one attached hydrogen (secondary N) is 3. The maximum absolute atomic E-state index is 13.7. The molecule has 1 saturated heterocycles. The summed E-state index contributed by atoms with van der Waals surface area (Å²) in [6, 6.07) is 7.78. The van der Waals surface area contributed by atoms with Crippen LogP contribution in [0.1, 0.15) is 69.8 Å². The molecule has 2 aliphatic carbocycles. The lowest BCUT2D eigenvalue weighted by atomic mass is 10.0. The van der Waals surface area contributed by atoms with Crippen LogP contribution in [0.4, 0.5) is 0 Å². The molecule has 0 spiro atoms. The van der Waals surface area contributed by atoms with Crippen molar-refractivity contribution in [2.75, 3.05) is 6.54 Å². The van der Waals surface area contributed by atoms with Gasteiger partial charge in [-0.05, 0) is 56.9 Å². The van der Waals surface area contributed by atoms with Crippen molar-refractivity contribution < 1.29 is 27.6 Å². The molecule has 1 aromatic carbocycles. The van der Waals surface area contributed by atoms with E-state index in [1.807, 2.05) is 42.5 Å². The number of rotatable bonds is 6. The molecule has 4 amide bonds. The van der Waals surface area contributed by atoms with E-state index in [4.69, 9.17) is 0 Å². The van der Waals surface area contributed by atoms with E-state index >= 15 is 0 Å². The third kappa shape index (κ3) is 6.40. The van der Waals surface area contributed by atoms with Gasteiger partial charge < -0.3 is 15.5 Å². The Bertz CT molecular complexity index is 1280. The number of carbonyl (C=O) groups is 4. The van der Waals surface area contributed by atoms with Gasteiger partial charge in [-0.25, -0.2) is 8.42 Å². The van der Waals surface area contributed by atoms with Crippen molar-refractivity contribution in [1.82, 2.24) is 20.3 Å². The molecule has 11 heteroatoms. The highest BCUT2D eigenvalue weighted by molar-refractivity contribution is 7.91. The van der Waals surface area contributed by atoms with Gasteiger partial charge in [0.1, 0.15) is 17.6 Å². The minimum atomic E-state index is -3.78. The Labute approximate surface area is 235 Å². The summed E-state index contributed by atoms with van der Waals surface area (Å²) in [7, 11) is -3.78. The Kier molecular flexibility index (Phi) is 8.30. The summed E-state index contributed by atoms with van der Waals surface area (Å²) in [6.45, 7) is 0.376. The largest absolute Gasteiger partial charge is 0.344 e. The number of carbonyl (C=O) groups excluding carboxylic acids is 4. The summed E-state index contributed by atoms with van der Waals surface area (Å²) in [5, 5.41) is 5.21. The molecule has 0 bridgehead atoms. The van der Waals surface area contributed by atoms with Crippen molar-refractivity contribution in [3.05, 3.63) is 48.0 Å². The van der Waals surface area contributed by atoms with Crippen molar-refractivity contribution in [2.45, 2.75) is 93.5 Å². The highest BCUT2D eigenvalue weighted by Gasteiger charge is 2.61. The Morgan fingerprint density at radius 1 is 1.00 bits per heavy atom. The Balaban J connectivity index is 1.33. The van der Waals surface area contributed by atoms with E-state index in [9.17, 15) is 27.6 Å². The molecule has 4 aliphatic rings. The van der Waals surface area contributed by atoms with Crippen LogP contribution in [0.15, 0.2) is 42.5 Å². The third-order valence-electron chi connectivity index (χ3n) is 8.38. The van der Waals surface area contributed by atoms with Crippen molar-refractivity contribution in [2.24, 2.45) is 5.92 Å². The van der Waals surface area contributed by atoms with E-state index in [0.29, 0.717) is 45.1 Å². The van der Waals surface area contributed by atoms with E-state index in [1.54, 1.807) is 0 Å². The first-order valence-electron chi connectivity index (χ1n) is 14.4. The molecule has 40 heavy (non-hydrogen) atoms. The van der Waals surface area contributed by atoms with E-state index in [1.165, 1.54) is 4.90 Å². The van der Waals surface area contributed by atoms with Crippen LogP contribution in [0.3, 0.4) is 0 Å². The third-order valence-corrected chi connectivity index (χ3v) is 10.2. The van der Waals surface area contributed by atoms with Crippen LogP contribution >= 0.6 is 0 Å². The monoisotopic (exact) mass is 570 g/mol. The molecule has 4 atom stereocenters. The van der Waals surface area contributed by atoms with Gasteiger partial charge in [0, 0.05) is 12.5 Å². The molecule has 2 aliphatic heterocycles. The van der Waals surface area contributed by atoms with Crippen molar-refractivity contribution >= 4 is 33.7 Å². The van der Waals surface area contributed by atoms with Crippen LogP contribution in [-0.4, -0.2) is 66.4 Å². The molecule has 3 N–H and O–H groups in total. The van der Waals surface area contributed by atoms with Gasteiger partial charge in [0.25, 0.3) is 5.91 Å². The number of sulfonamides is 1. The summed E-state index contributed by atoms with van der Waals surface area (Å²) < 4.78 is 27.2. The Morgan fingerprint density at radius 2 is 1.77 bits per heavy atom. The van der Waals surface area contributed by atoms with Crippen LogP contribution in [0.25, 0.3) is 0 Å². The van der Waals surface area contributed by atoms with Gasteiger partial charge >= 0.3 is 0 Å². The molecular formula is C29H38N4O6S. The zero-order chi connectivity index (χ0) is 28.3. The highest BCUT2D eigenvalue weighted by atomic mass is 32.2. The topological polar surface area (TPSA) is 142 Å². The molecule has 3 fully saturated rings. The average molecular weight is 571 g/mol. The standard InChI is InChI=1S/C29H38N4O6S/c34-25(18-20-10-5-4-6-11-20)30-23-13-8-3-1-2-7-12-21-19-29(21,28(37)32-40(38,39)22-15-16-22)31-26(35)24-14-9-17-33(24)27(23)36/h4-7,10-12,21-24H,1-3,8-9,13-19H2,(H,30,34)(H,31,35)(H,32,37)/t21-,23+,24?,29-/m1/s1. The summed E-state index contributed by atoms with van der Waals surface area (Å²) in [6.07, 6.45) is 10.1. The SMILES string of the molecule is O=C(Cc1ccccc1)N[C@H]1CCCCCC=C[C@@H]2C[C@@]2(C(=O)NS(=O)(=O)C2CC2)NC(=O)C2CCCN2C1=O. The number of fused-ring (bicyclic) bond motifs is 2. The van der Waals surface area contributed by atoms with E-state index in [0.717, 1.165) is 31.2 Å². The van der Waals surface area contributed by atoms with E-state index < -0.39 is 44.7 Å². The maximum atomic E-state index is 13.7. The predicted molar refractivity (Wildman–Crippen MR) is 148 cm³/mol. The minimum absolute atomic E-state index is 0.155. The Morgan fingerprint density at radius 3 is 2.52 bits per heavy atom. The quantitative estimate of drug-likeness (QED) is 0.445. The lowest BCUT2D eigenvalue weighted by Gasteiger charge is -2.30. The fourth-order valence-corrected chi connectivity index (χ4v) is 7.17. The number of hydrogen-bond donors (Lipinski definition) is 3. The van der Waals surface area contributed by atoms with E-state index in [2.05, 4.69) is 15.4 Å². The van der Waals surface area contributed by atoms with Gasteiger partial charge in [0.2, 0.25) is 27.7 Å². The van der Waals surface area contributed by atoms with Crippen LogP contribution in [-0.2, 0) is 35.6 Å². The number of hydrogen-bond acceptors (Lipinski definition) is 6. The zero-order valence-electron chi connectivity index (χ0n) is 22.6. The highest BCUT2D eigenvalue weighted by Crippen LogP contribution is 2.46. The summed E-state index contributed by atoms with van der Waals surface area (Å²) in [5.41, 5.74) is -0.503. The lowest BCUT2D eigenvalue weighted by molar-refractivity contribution is -0.142. The van der Waals surface area contributed by atoms with Gasteiger partial charge in [-0.1, -0.05) is 55.3 Å². The van der Waals surface area contributed by atoms with Gasteiger partial charge in [0.05, 0.1) is 11.7 Å². The molecule has 0 aromatic heterocycles. The minimum Gasteiger partial charge on any atom is -0.344 e. The fraction of sp³-hybridized carbons (Fsp3) is 0.586. The summed E-state index contributed by atoms with van der Waals surface area (Å²) in [4.78, 5) is 54.9. The smallest absolute Gasteiger partial charge is 0.259 e. The molecule has 5 rings (SSSR count). The van der Waals surface area contributed by atoms with Crippen molar-refractivity contribution in [1.29, 1.82) is 0 Å². The predicted octanol–water partition coefficient (Wildman–Crippen LogP) is 1.71. The van der Waals surface area contributed by atoms with Gasteiger partial charge in [-0.3, -0.25) is 23.9 Å². The van der Waals surface area contributed by atoms with Gasteiger partial charge in [-0.2, -0.15) is 0 Å². The summed E-state index contributed by atoms with van der Waals surface area (Å²) >= 11 is 0. The second-order valence-corrected chi connectivity index (χ2v) is 13.4. The molecule has 10 nitrogen and oxygen atoms in total. The second kappa shape index (κ2) is 11.7.